The van der Waals surface area contributed by atoms with Gasteiger partial charge in [0.1, 0.15) is 0 Å². The van der Waals surface area contributed by atoms with Crippen LogP contribution in [-0.2, 0) is 9.47 Å². The van der Waals surface area contributed by atoms with E-state index in [1.165, 1.54) is 5.56 Å². The maximum atomic E-state index is 5.56. The Morgan fingerprint density at radius 3 is 2.05 bits per heavy atom. The zero-order valence-corrected chi connectivity index (χ0v) is 12.6. The summed E-state index contributed by atoms with van der Waals surface area (Å²) in [6.45, 7) is 10.5. The fraction of sp³-hybridized carbons (Fsp3) is 0.625. The molecule has 1 unspecified atom stereocenters. The molecule has 0 amide bonds. The average molecular weight is 265 g/mol. The van der Waals surface area contributed by atoms with E-state index in [2.05, 4.69) is 43.4 Å². The van der Waals surface area contributed by atoms with Crippen molar-refractivity contribution in [2.45, 2.75) is 40.0 Å². The van der Waals surface area contributed by atoms with E-state index in [0.717, 1.165) is 0 Å². The van der Waals surface area contributed by atoms with Crippen LogP contribution < -0.4 is 5.32 Å². The monoisotopic (exact) mass is 265 g/mol. The Morgan fingerprint density at radius 1 is 1.00 bits per heavy atom. The lowest BCUT2D eigenvalue weighted by atomic mass is 9.96. The van der Waals surface area contributed by atoms with Gasteiger partial charge in [-0.1, -0.05) is 44.2 Å². The van der Waals surface area contributed by atoms with E-state index >= 15 is 0 Å². The first-order valence-electron chi connectivity index (χ1n) is 7.20. The Labute approximate surface area is 117 Å². The van der Waals surface area contributed by atoms with Crippen molar-refractivity contribution in [1.82, 2.24) is 5.32 Å². The molecule has 108 valence electrons. The minimum atomic E-state index is -0.167. The lowest BCUT2D eigenvalue weighted by Gasteiger charge is -2.26. The van der Waals surface area contributed by atoms with Crippen molar-refractivity contribution in [2.24, 2.45) is 5.92 Å². The number of hydrogen-bond donors (Lipinski definition) is 1. The smallest absolute Gasteiger partial charge is 0.169 e. The third kappa shape index (κ3) is 5.72. The van der Waals surface area contributed by atoms with Crippen LogP contribution in [0, 0.1) is 5.92 Å². The summed E-state index contributed by atoms with van der Waals surface area (Å²) in [7, 11) is 0. The van der Waals surface area contributed by atoms with Crippen LogP contribution in [0.2, 0.25) is 0 Å². The molecule has 19 heavy (non-hydrogen) atoms. The number of benzene rings is 1. The Hall–Kier alpha value is -0.900. The molecule has 1 aromatic carbocycles. The van der Waals surface area contributed by atoms with Crippen LogP contribution >= 0.6 is 0 Å². The summed E-state index contributed by atoms with van der Waals surface area (Å²) in [4.78, 5) is 0. The van der Waals surface area contributed by atoms with E-state index in [4.69, 9.17) is 9.47 Å². The van der Waals surface area contributed by atoms with Gasteiger partial charge < -0.3 is 14.8 Å². The molecular formula is C16H27NO2. The maximum absolute atomic E-state index is 5.56. The van der Waals surface area contributed by atoms with Gasteiger partial charge in [0.15, 0.2) is 6.29 Å². The first-order valence-corrected chi connectivity index (χ1v) is 7.20. The van der Waals surface area contributed by atoms with Gasteiger partial charge in [0.2, 0.25) is 0 Å². The molecule has 0 radical (unpaired) electrons. The van der Waals surface area contributed by atoms with Crippen molar-refractivity contribution in [3.8, 4) is 0 Å². The molecule has 1 aromatic rings. The third-order valence-electron chi connectivity index (χ3n) is 3.03. The minimum Gasteiger partial charge on any atom is -0.352 e. The average Bonchev–Trinajstić information content (AvgIpc) is 2.40. The van der Waals surface area contributed by atoms with Crippen molar-refractivity contribution in [2.75, 3.05) is 19.8 Å². The molecule has 0 aliphatic heterocycles. The van der Waals surface area contributed by atoms with Crippen LogP contribution in [0.3, 0.4) is 0 Å². The van der Waals surface area contributed by atoms with Gasteiger partial charge in [0, 0.05) is 25.8 Å². The fourth-order valence-electron chi connectivity index (χ4n) is 2.16. The van der Waals surface area contributed by atoms with Crippen LogP contribution in [0.5, 0.6) is 0 Å². The fourth-order valence-corrected chi connectivity index (χ4v) is 2.16. The van der Waals surface area contributed by atoms with Crippen molar-refractivity contribution in [3.05, 3.63) is 35.9 Å². The van der Waals surface area contributed by atoms with E-state index in [-0.39, 0.29) is 6.29 Å². The number of nitrogens with one attached hydrogen (secondary N) is 1. The van der Waals surface area contributed by atoms with E-state index in [0.29, 0.717) is 31.7 Å². The zero-order chi connectivity index (χ0) is 14.1. The third-order valence-corrected chi connectivity index (χ3v) is 3.03. The minimum absolute atomic E-state index is 0.167. The Kier molecular flexibility index (Phi) is 7.72. The predicted molar refractivity (Wildman–Crippen MR) is 79.1 cm³/mol. The SMILES string of the molecule is CCOC(CNC(c1ccccc1)C(C)C)OCC. The van der Waals surface area contributed by atoms with Crippen LogP contribution in [0.4, 0.5) is 0 Å². The number of rotatable bonds is 9. The van der Waals surface area contributed by atoms with Gasteiger partial charge in [-0.25, -0.2) is 0 Å². The number of hydrogen-bond acceptors (Lipinski definition) is 3. The van der Waals surface area contributed by atoms with Gasteiger partial charge in [0.25, 0.3) is 0 Å². The Morgan fingerprint density at radius 2 is 1.58 bits per heavy atom. The highest BCUT2D eigenvalue weighted by Gasteiger charge is 2.17. The summed E-state index contributed by atoms with van der Waals surface area (Å²) in [5.74, 6) is 0.520. The lowest BCUT2D eigenvalue weighted by molar-refractivity contribution is -0.134. The highest BCUT2D eigenvalue weighted by Crippen LogP contribution is 2.21. The molecular weight excluding hydrogens is 238 g/mol. The largest absolute Gasteiger partial charge is 0.352 e. The summed E-state index contributed by atoms with van der Waals surface area (Å²) in [5.41, 5.74) is 1.31. The molecule has 1 rings (SSSR count). The molecule has 0 spiro atoms. The highest BCUT2D eigenvalue weighted by atomic mass is 16.7. The molecule has 0 heterocycles. The van der Waals surface area contributed by atoms with Crippen LogP contribution in [0.25, 0.3) is 0 Å². The topological polar surface area (TPSA) is 30.5 Å². The van der Waals surface area contributed by atoms with Gasteiger partial charge in [-0.15, -0.1) is 0 Å². The molecule has 0 fully saturated rings. The molecule has 0 aliphatic rings. The van der Waals surface area contributed by atoms with Gasteiger partial charge >= 0.3 is 0 Å². The van der Waals surface area contributed by atoms with Crippen molar-refractivity contribution in [1.29, 1.82) is 0 Å². The molecule has 1 atom stereocenters. The molecule has 0 bridgehead atoms. The summed E-state index contributed by atoms with van der Waals surface area (Å²) in [6, 6.07) is 10.8. The molecule has 1 N–H and O–H groups in total. The molecule has 0 saturated carbocycles. The molecule has 0 saturated heterocycles. The number of ether oxygens (including phenoxy) is 2. The molecule has 3 nitrogen and oxygen atoms in total. The van der Waals surface area contributed by atoms with Gasteiger partial charge in [0.05, 0.1) is 0 Å². The standard InChI is InChI=1S/C16H27NO2/c1-5-18-15(19-6-2)12-17-16(13(3)4)14-10-8-7-9-11-14/h7-11,13,15-17H,5-6,12H2,1-4H3. The second kappa shape index (κ2) is 9.08. The first kappa shape index (κ1) is 16.2. The molecule has 3 heteroatoms. The zero-order valence-electron chi connectivity index (χ0n) is 12.6. The summed E-state index contributed by atoms with van der Waals surface area (Å²) in [5, 5.41) is 3.56. The van der Waals surface area contributed by atoms with Gasteiger partial charge in [-0.2, -0.15) is 0 Å². The summed E-state index contributed by atoms with van der Waals surface area (Å²) >= 11 is 0. The second-order valence-electron chi connectivity index (χ2n) is 4.88. The van der Waals surface area contributed by atoms with Gasteiger partial charge in [-0.3, -0.25) is 0 Å². The normalized spacial score (nSPS) is 13.2. The second-order valence-corrected chi connectivity index (χ2v) is 4.88. The van der Waals surface area contributed by atoms with Crippen LogP contribution in [0.15, 0.2) is 30.3 Å². The quantitative estimate of drug-likeness (QED) is 0.694. The van der Waals surface area contributed by atoms with Crippen LogP contribution in [-0.4, -0.2) is 26.0 Å². The highest BCUT2D eigenvalue weighted by molar-refractivity contribution is 5.19. The molecule has 0 aromatic heterocycles. The lowest BCUT2D eigenvalue weighted by Crippen LogP contribution is -2.36. The van der Waals surface area contributed by atoms with Crippen molar-refractivity contribution in [3.63, 3.8) is 0 Å². The van der Waals surface area contributed by atoms with E-state index in [9.17, 15) is 0 Å². The van der Waals surface area contributed by atoms with Crippen molar-refractivity contribution < 1.29 is 9.47 Å². The summed E-state index contributed by atoms with van der Waals surface area (Å²) in [6.07, 6.45) is -0.167. The predicted octanol–water partition coefficient (Wildman–Crippen LogP) is 3.37. The van der Waals surface area contributed by atoms with E-state index < -0.39 is 0 Å². The van der Waals surface area contributed by atoms with E-state index in [1.54, 1.807) is 0 Å². The Balaban J connectivity index is 2.59. The van der Waals surface area contributed by atoms with Crippen molar-refractivity contribution >= 4 is 0 Å². The molecule has 0 aliphatic carbocycles. The van der Waals surface area contributed by atoms with Gasteiger partial charge in [-0.05, 0) is 25.3 Å². The van der Waals surface area contributed by atoms with E-state index in [1.807, 2.05) is 19.9 Å². The Bertz CT molecular complexity index is 321. The maximum Gasteiger partial charge on any atom is 0.169 e. The first-order chi connectivity index (χ1) is 9.19. The summed E-state index contributed by atoms with van der Waals surface area (Å²) < 4.78 is 11.1. The van der Waals surface area contributed by atoms with Crippen LogP contribution in [0.1, 0.15) is 39.3 Å².